The van der Waals surface area contributed by atoms with Gasteiger partial charge in [-0.2, -0.15) is 0 Å². The third kappa shape index (κ3) is 10.4. The second kappa shape index (κ2) is 14.6. The Morgan fingerprint density at radius 3 is 2.72 bits per heavy atom. The van der Waals surface area contributed by atoms with Crippen molar-refractivity contribution in [3.63, 3.8) is 0 Å². The lowest BCUT2D eigenvalue weighted by atomic mass is 10.1. The van der Waals surface area contributed by atoms with Crippen molar-refractivity contribution in [2.75, 3.05) is 38.1 Å². The monoisotopic (exact) mass is 562 g/mol. The number of carbonyl (C=O) groups excluding carboxylic acids is 1. The normalized spacial score (nSPS) is 14.0. The fraction of sp³-hybridized carbons (Fsp3) is 0.552. The van der Waals surface area contributed by atoms with E-state index in [1.807, 2.05) is 20.8 Å². The molecule has 1 aliphatic heterocycles. The van der Waals surface area contributed by atoms with E-state index in [0.717, 1.165) is 68.8 Å². The smallest absolute Gasteiger partial charge is 0.326 e. The summed E-state index contributed by atoms with van der Waals surface area (Å²) in [7, 11) is 0. The van der Waals surface area contributed by atoms with Crippen LogP contribution in [-0.4, -0.2) is 71.3 Å². The summed E-state index contributed by atoms with van der Waals surface area (Å²) >= 11 is 5.98. The Labute approximate surface area is 235 Å². The van der Waals surface area contributed by atoms with Gasteiger partial charge in [0.15, 0.2) is 0 Å². The number of nitrogens with zero attached hydrogens (tertiary/aromatic N) is 2. The molecule has 0 radical (unpaired) electrons. The van der Waals surface area contributed by atoms with Gasteiger partial charge < -0.3 is 25.4 Å². The predicted molar refractivity (Wildman–Crippen MR) is 151 cm³/mol. The van der Waals surface area contributed by atoms with Crippen molar-refractivity contribution in [2.45, 2.75) is 70.9 Å². The highest BCUT2D eigenvalue weighted by atomic mass is 35.5. The molecule has 10 heteroatoms. The van der Waals surface area contributed by atoms with Crippen LogP contribution >= 0.6 is 11.6 Å². The molecule has 1 atom stereocenters. The molecule has 3 N–H and O–H groups in total. The Balaban J connectivity index is 1.54. The van der Waals surface area contributed by atoms with E-state index in [1.165, 1.54) is 11.6 Å². The van der Waals surface area contributed by atoms with E-state index in [9.17, 15) is 19.1 Å². The first kappa shape index (κ1) is 30.8. The summed E-state index contributed by atoms with van der Waals surface area (Å²) in [5.74, 6) is -1.36. The molecule has 1 unspecified atom stereocenters. The van der Waals surface area contributed by atoms with Crippen molar-refractivity contribution in [1.29, 1.82) is 0 Å². The van der Waals surface area contributed by atoms with Crippen molar-refractivity contribution >= 4 is 29.3 Å². The van der Waals surface area contributed by atoms with Gasteiger partial charge in [-0.25, -0.2) is 14.2 Å². The van der Waals surface area contributed by atoms with E-state index in [0.29, 0.717) is 19.7 Å². The van der Waals surface area contributed by atoms with Crippen LogP contribution in [0.4, 0.5) is 10.2 Å². The van der Waals surface area contributed by atoms with Crippen LogP contribution in [0, 0.1) is 5.82 Å². The fourth-order valence-corrected chi connectivity index (χ4v) is 4.70. The van der Waals surface area contributed by atoms with Crippen LogP contribution in [0.5, 0.6) is 0 Å². The van der Waals surface area contributed by atoms with Gasteiger partial charge in [0.25, 0.3) is 5.91 Å². The zero-order valence-electron chi connectivity index (χ0n) is 23.1. The van der Waals surface area contributed by atoms with Crippen molar-refractivity contribution in [3.8, 4) is 0 Å². The lowest BCUT2D eigenvalue weighted by Crippen LogP contribution is -2.44. The number of aliphatic carboxylic acids is 1. The summed E-state index contributed by atoms with van der Waals surface area (Å²) in [6, 6.07) is 6.55. The molecule has 3 rings (SSSR count). The number of nitrogens with one attached hydrogen (secondary N) is 2. The van der Waals surface area contributed by atoms with Gasteiger partial charge in [0.05, 0.1) is 22.8 Å². The second-order valence-corrected chi connectivity index (χ2v) is 11.3. The summed E-state index contributed by atoms with van der Waals surface area (Å²) in [6.07, 6.45) is 5.13. The number of benzene rings is 1. The molecule has 0 spiro atoms. The van der Waals surface area contributed by atoms with Crippen LogP contribution in [0.1, 0.15) is 68.1 Å². The van der Waals surface area contributed by atoms with Crippen LogP contribution in [-0.2, 0) is 22.4 Å². The predicted octanol–water partition coefficient (Wildman–Crippen LogP) is 4.95. The van der Waals surface area contributed by atoms with Gasteiger partial charge in [0.1, 0.15) is 17.7 Å². The Hall–Kier alpha value is -2.75. The number of pyridine rings is 1. The minimum atomic E-state index is -1.14. The maximum atomic E-state index is 13.3. The van der Waals surface area contributed by atoms with Crippen LogP contribution in [0.15, 0.2) is 30.3 Å². The van der Waals surface area contributed by atoms with E-state index < -0.39 is 23.7 Å². The third-order valence-corrected chi connectivity index (χ3v) is 6.88. The van der Waals surface area contributed by atoms with Crippen LogP contribution in [0.25, 0.3) is 0 Å². The molecule has 2 aromatic rings. The number of rotatable bonds is 14. The Bertz CT molecular complexity index is 1120. The number of hydrogen-bond donors (Lipinski definition) is 3. The number of aryl methyl sites for hydroxylation is 2. The van der Waals surface area contributed by atoms with Gasteiger partial charge in [0, 0.05) is 25.3 Å². The SMILES string of the molecule is CC(C)(C)OCCN(CCCCc1ccc2c(n1)NCCC2)CCC(NC(=O)c1ccc(F)cc1Cl)C(=O)O. The number of carboxylic acids is 1. The molecular formula is C29H40ClFN4O4. The van der Waals surface area contributed by atoms with Gasteiger partial charge in [-0.3, -0.25) is 4.79 Å². The minimum absolute atomic E-state index is 0.0331. The molecule has 0 saturated heterocycles. The highest BCUT2D eigenvalue weighted by Crippen LogP contribution is 2.21. The first-order valence-corrected chi connectivity index (χ1v) is 14.0. The minimum Gasteiger partial charge on any atom is -0.480 e. The number of anilines is 1. The average Bonchev–Trinajstić information content (AvgIpc) is 2.87. The van der Waals surface area contributed by atoms with E-state index in [-0.39, 0.29) is 22.6 Å². The standard InChI is InChI=1S/C29H40ClFN4O4/c1-29(2,3)39-18-17-35(15-5-4-8-22-11-9-20-7-6-14-32-26(20)33-22)16-13-25(28(37)38)34-27(36)23-12-10-21(31)19-24(23)30/h9-12,19,25H,4-8,13-18H2,1-3H3,(H,32,33)(H,34,36)(H,37,38). The summed E-state index contributed by atoms with van der Waals surface area (Å²) in [5, 5.41) is 15.6. The maximum absolute atomic E-state index is 13.3. The first-order chi connectivity index (χ1) is 18.5. The number of carboxylic acid groups (broad SMARTS) is 1. The second-order valence-electron chi connectivity index (χ2n) is 10.9. The average molecular weight is 563 g/mol. The molecule has 1 amide bonds. The van der Waals surface area contributed by atoms with Crippen LogP contribution in [0.2, 0.25) is 5.02 Å². The summed E-state index contributed by atoms with van der Waals surface area (Å²) in [4.78, 5) is 31.5. The number of amides is 1. The van der Waals surface area contributed by atoms with Gasteiger partial charge in [-0.15, -0.1) is 0 Å². The zero-order valence-corrected chi connectivity index (χ0v) is 23.8. The van der Waals surface area contributed by atoms with E-state index in [2.05, 4.69) is 27.7 Å². The van der Waals surface area contributed by atoms with Gasteiger partial charge >= 0.3 is 5.97 Å². The van der Waals surface area contributed by atoms with Crippen molar-refractivity contribution < 1.29 is 23.8 Å². The lowest BCUT2D eigenvalue weighted by Gasteiger charge is -2.27. The van der Waals surface area contributed by atoms with E-state index in [1.54, 1.807) is 0 Å². The molecular weight excluding hydrogens is 523 g/mol. The molecule has 0 aliphatic carbocycles. The van der Waals surface area contributed by atoms with Crippen LogP contribution in [0.3, 0.4) is 0 Å². The fourth-order valence-electron chi connectivity index (χ4n) is 4.44. The Morgan fingerprint density at radius 1 is 1.21 bits per heavy atom. The molecule has 8 nitrogen and oxygen atoms in total. The highest BCUT2D eigenvalue weighted by Gasteiger charge is 2.23. The third-order valence-electron chi connectivity index (χ3n) is 6.56. The number of fused-ring (bicyclic) bond motifs is 1. The Kier molecular flexibility index (Phi) is 11.5. The molecule has 39 heavy (non-hydrogen) atoms. The number of ether oxygens (including phenoxy) is 1. The Morgan fingerprint density at radius 2 is 2.00 bits per heavy atom. The van der Waals surface area contributed by atoms with E-state index >= 15 is 0 Å². The van der Waals surface area contributed by atoms with Crippen LogP contribution < -0.4 is 10.6 Å². The molecule has 1 aliphatic rings. The maximum Gasteiger partial charge on any atom is 0.326 e. The number of halogens is 2. The quantitative estimate of drug-likeness (QED) is 0.280. The summed E-state index contributed by atoms with van der Waals surface area (Å²) in [6.45, 7) is 9.32. The van der Waals surface area contributed by atoms with Gasteiger partial charge in [-0.1, -0.05) is 17.7 Å². The molecule has 214 valence electrons. The highest BCUT2D eigenvalue weighted by molar-refractivity contribution is 6.33. The molecule has 1 aromatic carbocycles. The van der Waals surface area contributed by atoms with Crippen molar-refractivity contribution in [3.05, 3.63) is 58.0 Å². The molecule has 0 saturated carbocycles. The number of carbonyl (C=O) groups is 2. The first-order valence-electron chi connectivity index (χ1n) is 13.6. The van der Waals surface area contributed by atoms with Gasteiger partial charge in [0.2, 0.25) is 0 Å². The molecule has 2 heterocycles. The molecule has 1 aromatic heterocycles. The topological polar surface area (TPSA) is 104 Å². The molecule has 0 bridgehead atoms. The van der Waals surface area contributed by atoms with E-state index in [4.69, 9.17) is 21.3 Å². The van der Waals surface area contributed by atoms with Crippen molar-refractivity contribution in [2.24, 2.45) is 0 Å². The largest absolute Gasteiger partial charge is 0.480 e. The lowest BCUT2D eigenvalue weighted by molar-refractivity contribution is -0.139. The molecule has 0 fully saturated rings. The number of hydrogen-bond acceptors (Lipinski definition) is 6. The number of unbranched alkanes of at least 4 members (excludes halogenated alkanes) is 1. The zero-order chi connectivity index (χ0) is 28.4. The van der Waals surface area contributed by atoms with Gasteiger partial charge in [-0.05, 0) is 95.7 Å². The van der Waals surface area contributed by atoms with Crippen molar-refractivity contribution in [1.82, 2.24) is 15.2 Å². The summed E-state index contributed by atoms with van der Waals surface area (Å²) < 4.78 is 19.2. The number of aromatic nitrogens is 1. The summed E-state index contributed by atoms with van der Waals surface area (Å²) in [5.41, 5.74) is 2.10.